The number of allylic oxidation sites excluding steroid dienone is 1. The van der Waals surface area contributed by atoms with Gasteiger partial charge in [-0.2, -0.15) is 0 Å². The van der Waals surface area contributed by atoms with Crippen LogP contribution < -0.4 is 0 Å². The monoisotopic (exact) mass is 409 g/mol. The van der Waals surface area contributed by atoms with E-state index in [1.54, 1.807) is 0 Å². The fourth-order valence-corrected chi connectivity index (χ4v) is 4.32. The molecule has 1 heterocycles. The van der Waals surface area contributed by atoms with Crippen molar-refractivity contribution in [2.75, 3.05) is 7.11 Å². The van der Waals surface area contributed by atoms with Crippen molar-refractivity contribution >= 4 is 5.97 Å². The number of methoxy groups -OCH3 is 1. The predicted molar refractivity (Wildman–Crippen MR) is 124 cm³/mol. The molecular formula is C28H27NO2. The van der Waals surface area contributed by atoms with Gasteiger partial charge in [-0.25, -0.2) is 4.79 Å². The SMILES string of the molecule is CCC1=CN(C(c2ccccc2)c2ccccc2)C=C(C(=O)OC)C1c1ccccc1. The quantitative estimate of drug-likeness (QED) is 0.452. The molecule has 0 aromatic heterocycles. The second-order valence-corrected chi connectivity index (χ2v) is 7.65. The van der Waals surface area contributed by atoms with Crippen molar-refractivity contribution in [1.82, 2.24) is 4.90 Å². The average molecular weight is 410 g/mol. The largest absolute Gasteiger partial charge is 0.466 e. The number of carbonyl (C=O) groups excluding carboxylic acids is 1. The van der Waals surface area contributed by atoms with Gasteiger partial charge in [0, 0.05) is 18.3 Å². The van der Waals surface area contributed by atoms with Gasteiger partial charge < -0.3 is 9.64 Å². The van der Waals surface area contributed by atoms with Crippen LogP contribution >= 0.6 is 0 Å². The van der Waals surface area contributed by atoms with Crippen LogP contribution in [-0.4, -0.2) is 18.0 Å². The molecular weight excluding hydrogens is 382 g/mol. The summed E-state index contributed by atoms with van der Waals surface area (Å²) in [4.78, 5) is 15.1. The maximum Gasteiger partial charge on any atom is 0.336 e. The molecule has 0 radical (unpaired) electrons. The van der Waals surface area contributed by atoms with E-state index in [1.165, 1.54) is 23.8 Å². The number of hydrogen-bond acceptors (Lipinski definition) is 3. The Kier molecular flexibility index (Phi) is 6.32. The molecule has 4 rings (SSSR count). The molecule has 156 valence electrons. The molecule has 3 nitrogen and oxygen atoms in total. The summed E-state index contributed by atoms with van der Waals surface area (Å²) in [5.41, 5.74) is 5.27. The number of esters is 1. The Bertz CT molecular complexity index is 1030. The van der Waals surface area contributed by atoms with Crippen LogP contribution in [0.2, 0.25) is 0 Å². The van der Waals surface area contributed by atoms with E-state index in [0.717, 1.165) is 12.0 Å². The first-order valence-electron chi connectivity index (χ1n) is 10.7. The molecule has 0 saturated carbocycles. The van der Waals surface area contributed by atoms with E-state index in [4.69, 9.17) is 4.74 Å². The molecule has 3 aromatic carbocycles. The second kappa shape index (κ2) is 9.48. The molecule has 0 saturated heterocycles. The Hall–Kier alpha value is -3.59. The van der Waals surface area contributed by atoms with Gasteiger partial charge in [-0.05, 0) is 28.7 Å². The van der Waals surface area contributed by atoms with E-state index < -0.39 is 0 Å². The van der Waals surface area contributed by atoms with Gasteiger partial charge in [-0.15, -0.1) is 0 Å². The Labute approximate surface area is 184 Å². The minimum atomic E-state index is -0.294. The third-order valence-electron chi connectivity index (χ3n) is 5.78. The third kappa shape index (κ3) is 4.31. The molecule has 1 atom stereocenters. The summed E-state index contributed by atoms with van der Waals surface area (Å²) in [7, 11) is 1.45. The molecule has 0 amide bonds. The van der Waals surface area contributed by atoms with Crippen LogP contribution in [0.15, 0.2) is 115 Å². The second-order valence-electron chi connectivity index (χ2n) is 7.65. The Balaban J connectivity index is 1.86. The van der Waals surface area contributed by atoms with Crippen molar-refractivity contribution in [3.63, 3.8) is 0 Å². The van der Waals surface area contributed by atoms with Gasteiger partial charge in [0.05, 0.1) is 18.7 Å². The Morgan fingerprint density at radius 2 is 1.35 bits per heavy atom. The van der Waals surface area contributed by atoms with E-state index >= 15 is 0 Å². The predicted octanol–water partition coefficient (Wildman–Crippen LogP) is 6.23. The smallest absolute Gasteiger partial charge is 0.336 e. The Morgan fingerprint density at radius 3 is 1.84 bits per heavy atom. The van der Waals surface area contributed by atoms with E-state index in [1.807, 2.05) is 36.5 Å². The summed E-state index contributed by atoms with van der Waals surface area (Å²) >= 11 is 0. The van der Waals surface area contributed by atoms with Gasteiger partial charge in [0.15, 0.2) is 0 Å². The number of ether oxygens (including phenoxy) is 1. The van der Waals surface area contributed by atoms with Gasteiger partial charge in [-0.3, -0.25) is 0 Å². The summed E-state index contributed by atoms with van der Waals surface area (Å²) in [5.74, 6) is -0.403. The molecule has 3 aromatic rings. The molecule has 0 aliphatic carbocycles. The van der Waals surface area contributed by atoms with Crippen molar-refractivity contribution in [3.8, 4) is 0 Å². The van der Waals surface area contributed by atoms with Crippen molar-refractivity contribution in [1.29, 1.82) is 0 Å². The van der Waals surface area contributed by atoms with Gasteiger partial charge in [0.2, 0.25) is 0 Å². The van der Waals surface area contributed by atoms with Crippen molar-refractivity contribution in [3.05, 3.63) is 131 Å². The lowest BCUT2D eigenvalue weighted by Crippen LogP contribution is -2.28. The summed E-state index contributed by atoms with van der Waals surface area (Å²) in [6.45, 7) is 2.14. The Morgan fingerprint density at radius 1 is 0.839 bits per heavy atom. The number of benzene rings is 3. The fourth-order valence-electron chi connectivity index (χ4n) is 4.32. The first-order valence-corrected chi connectivity index (χ1v) is 10.7. The van der Waals surface area contributed by atoms with Crippen LogP contribution in [0.4, 0.5) is 0 Å². The van der Waals surface area contributed by atoms with E-state index in [2.05, 4.69) is 78.7 Å². The van der Waals surface area contributed by atoms with Gasteiger partial charge in [0.1, 0.15) is 0 Å². The minimum absolute atomic E-state index is 0.0414. The molecule has 0 bridgehead atoms. The molecule has 1 unspecified atom stereocenters. The fraction of sp³-hybridized carbons (Fsp3) is 0.179. The number of hydrogen-bond donors (Lipinski definition) is 0. The number of carbonyl (C=O) groups is 1. The van der Waals surface area contributed by atoms with Crippen LogP contribution in [0.25, 0.3) is 0 Å². The highest BCUT2D eigenvalue weighted by molar-refractivity contribution is 5.91. The molecule has 3 heteroatoms. The summed E-state index contributed by atoms with van der Waals surface area (Å²) < 4.78 is 5.21. The van der Waals surface area contributed by atoms with Crippen molar-refractivity contribution in [2.45, 2.75) is 25.3 Å². The highest BCUT2D eigenvalue weighted by atomic mass is 16.5. The molecule has 31 heavy (non-hydrogen) atoms. The zero-order chi connectivity index (χ0) is 21.6. The van der Waals surface area contributed by atoms with Crippen molar-refractivity contribution in [2.24, 2.45) is 0 Å². The first kappa shape index (κ1) is 20.7. The normalized spacial score (nSPS) is 16.0. The number of nitrogens with zero attached hydrogens (tertiary/aromatic N) is 1. The molecule has 0 N–H and O–H groups in total. The molecule has 1 aliphatic rings. The molecule has 0 fully saturated rings. The maximum atomic E-state index is 12.9. The van der Waals surface area contributed by atoms with Crippen LogP contribution in [0.3, 0.4) is 0 Å². The topological polar surface area (TPSA) is 29.5 Å². The number of rotatable bonds is 6. The van der Waals surface area contributed by atoms with Crippen LogP contribution in [0, 0.1) is 0 Å². The van der Waals surface area contributed by atoms with Gasteiger partial charge in [0.25, 0.3) is 0 Å². The molecule has 1 aliphatic heterocycles. The summed E-state index contributed by atoms with van der Waals surface area (Å²) in [6.07, 6.45) is 5.00. The van der Waals surface area contributed by atoms with Crippen LogP contribution in [0.1, 0.15) is 42.0 Å². The zero-order valence-electron chi connectivity index (χ0n) is 17.9. The minimum Gasteiger partial charge on any atom is -0.466 e. The third-order valence-corrected chi connectivity index (χ3v) is 5.78. The van der Waals surface area contributed by atoms with Gasteiger partial charge >= 0.3 is 5.97 Å². The molecule has 0 spiro atoms. The standard InChI is InChI=1S/C28H27NO2/c1-3-21-19-29(20-25(28(30)31-2)26(21)22-13-7-4-8-14-22)27(23-15-9-5-10-16-23)24-17-11-6-12-18-24/h4-20,26-27H,3H2,1-2H3. The van der Waals surface area contributed by atoms with E-state index in [9.17, 15) is 4.79 Å². The average Bonchev–Trinajstić information content (AvgIpc) is 2.85. The van der Waals surface area contributed by atoms with E-state index in [0.29, 0.717) is 5.57 Å². The lowest BCUT2D eigenvalue weighted by atomic mass is 9.81. The lowest BCUT2D eigenvalue weighted by molar-refractivity contribution is -0.136. The first-order chi connectivity index (χ1) is 15.2. The van der Waals surface area contributed by atoms with Crippen molar-refractivity contribution < 1.29 is 9.53 Å². The summed E-state index contributed by atoms with van der Waals surface area (Å²) in [5, 5.41) is 0. The van der Waals surface area contributed by atoms with Gasteiger partial charge in [-0.1, -0.05) is 97.9 Å². The maximum absolute atomic E-state index is 12.9. The lowest BCUT2D eigenvalue weighted by Gasteiger charge is -2.36. The van der Waals surface area contributed by atoms with Crippen LogP contribution in [0.5, 0.6) is 0 Å². The van der Waals surface area contributed by atoms with Crippen LogP contribution in [-0.2, 0) is 9.53 Å². The zero-order valence-corrected chi connectivity index (χ0v) is 17.9. The summed E-state index contributed by atoms with van der Waals surface area (Å²) in [6, 6.07) is 30.9. The highest BCUT2D eigenvalue weighted by Crippen LogP contribution is 2.41. The highest BCUT2D eigenvalue weighted by Gasteiger charge is 2.32. The van der Waals surface area contributed by atoms with E-state index in [-0.39, 0.29) is 17.9 Å².